The van der Waals surface area contributed by atoms with E-state index < -0.39 is 0 Å². The lowest BCUT2D eigenvalue weighted by molar-refractivity contribution is 0.0159. The van der Waals surface area contributed by atoms with E-state index in [4.69, 9.17) is 4.74 Å². The van der Waals surface area contributed by atoms with Crippen molar-refractivity contribution in [1.29, 1.82) is 0 Å². The van der Waals surface area contributed by atoms with Crippen molar-refractivity contribution in [3.8, 4) is 0 Å². The summed E-state index contributed by atoms with van der Waals surface area (Å²) in [6.45, 7) is 3.63. The van der Waals surface area contributed by atoms with Crippen LogP contribution in [0.2, 0.25) is 0 Å². The van der Waals surface area contributed by atoms with Gasteiger partial charge in [-0.3, -0.25) is 0 Å². The molecule has 15 heavy (non-hydrogen) atoms. The SMILES string of the molecule is COC1CC(NCC2CCC(C)CC2)C1. The third-order valence-corrected chi connectivity index (χ3v) is 4.26. The summed E-state index contributed by atoms with van der Waals surface area (Å²) in [5.74, 6) is 1.92. The van der Waals surface area contributed by atoms with Crippen LogP contribution in [0.15, 0.2) is 0 Å². The van der Waals surface area contributed by atoms with Gasteiger partial charge in [0.15, 0.2) is 0 Å². The zero-order chi connectivity index (χ0) is 10.7. The van der Waals surface area contributed by atoms with Crippen LogP contribution in [0.4, 0.5) is 0 Å². The van der Waals surface area contributed by atoms with E-state index in [-0.39, 0.29) is 0 Å². The minimum absolute atomic E-state index is 0.536. The van der Waals surface area contributed by atoms with Crippen LogP contribution in [0.1, 0.15) is 45.4 Å². The van der Waals surface area contributed by atoms with Gasteiger partial charge in [0.1, 0.15) is 0 Å². The molecule has 0 spiro atoms. The lowest BCUT2D eigenvalue weighted by Crippen LogP contribution is -2.46. The van der Waals surface area contributed by atoms with Crippen molar-refractivity contribution >= 4 is 0 Å². The third kappa shape index (κ3) is 3.18. The Morgan fingerprint density at radius 1 is 1.13 bits per heavy atom. The van der Waals surface area contributed by atoms with Gasteiger partial charge in [-0.05, 0) is 44.1 Å². The van der Waals surface area contributed by atoms with Gasteiger partial charge in [0.2, 0.25) is 0 Å². The fraction of sp³-hybridized carbons (Fsp3) is 1.00. The Bertz CT molecular complexity index is 181. The van der Waals surface area contributed by atoms with Crippen LogP contribution in [0, 0.1) is 11.8 Å². The summed E-state index contributed by atoms with van der Waals surface area (Å²) in [5.41, 5.74) is 0. The molecule has 0 atom stereocenters. The first kappa shape index (κ1) is 11.4. The molecular weight excluding hydrogens is 186 g/mol. The lowest BCUT2D eigenvalue weighted by atomic mass is 9.82. The van der Waals surface area contributed by atoms with Gasteiger partial charge in [0, 0.05) is 13.2 Å². The zero-order valence-electron chi connectivity index (χ0n) is 10.2. The van der Waals surface area contributed by atoms with E-state index in [1.807, 2.05) is 7.11 Å². The van der Waals surface area contributed by atoms with Crippen molar-refractivity contribution in [2.45, 2.75) is 57.6 Å². The largest absolute Gasteiger partial charge is 0.381 e. The van der Waals surface area contributed by atoms with Crippen LogP contribution in [-0.4, -0.2) is 25.8 Å². The van der Waals surface area contributed by atoms with E-state index >= 15 is 0 Å². The number of hydrogen-bond acceptors (Lipinski definition) is 2. The van der Waals surface area contributed by atoms with Gasteiger partial charge >= 0.3 is 0 Å². The predicted octanol–water partition coefficient (Wildman–Crippen LogP) is 2.58. The Hall–Kier alpha value is -0.0800. The van der Waals surface area contributed by atoms with Crippen molar-refractivity contribution in [3.63, 3.8) is 0 Å². The molecule has 0 aromatic carbocycles. The summed E-state index contributed by atoms with van der Waals surface area (Å²) < 4.78 is 5.28. The molecule has 2 heteroatoms. The molecule has 0 aromatic heterocycles. The van der Waals surface area contributed by atoms with Gasteiger partial charge in [-0.25, -0.2) is 0 Å². The Morgan fingerprint density at radius 2 is 1.80 bits per heavy atom. The van der Waals surface area contributed by atoms with Gasteiger partial charge in [-0.2, -0.15) is 0 Å². The Morgan fingerprint density at radius 3 is 2.40 bits per heavy atom. The minimum Gasteiger partial charge on any atom is -0.381 e. The first-order valence-electron chi connectivity index (χ1n) is 6.54. The Labute approximate surface area is 93.8 Å². The summed E-state index contributed by atoms with van der Waals surface area (Å²) in [6, 6.07) is 0.745. The third-order valence-electron chi connectivity index (χ3n) is 4.26. The van der Waals surface area contributed by atoms with Crippen molar-refractivity contribution in [3.05, 3.63) is 0 Å². The standard InChI is InChI=1S/C13H25NO/c1-10-3-5-11(6-4-10)9-14-12-7-13(8-12)15-2/h10-14H,3-9H2,1-2H3. The van der Waals surface area contributed by atoms with E-state index in [0.717, 1.165) is 17.9 Å². The second kappa shape index (κ2) is 5.31. The summed E-state index contributed by atoms with van der Waals surface area (Å²) in [6.07, 6.45) is 8.74. The molecule has 0 bridgehead atoms. The highest BCUT2D eigenvalue weighted by Gasteiger charge is 2.29. The number of methoxy groups -OCH3 is 1. The van der Waals surface area contributed by atoms with Crippen molar-refractivity contribution < 1.29 is 4.74 Å². The highest BCUT2D eigenvalue weighted by atomic mass is 16.5. The fourth-order valence-corrected chi connectivity index (χ4v) is 2.79. The van der Waals surface area contributed by atoms with Crippen LogP contribution >= 0.6 is 0 Å². The van der Waals surface area contributed by atoms with Gasteiger partial charge in [-0.15, -0.1) is 0 Å². The maximum Gasteiger partial charge on any atom is 0.0601 e. The second-order valence-corrected chi connectivity index (χ2v) is 5.56. The Balaban J connectivity index is 1.55. The molecule has 88 valence electrons. The molecule has 2 aliphatic carbocycles. The average molecular weight is 211 g/mol. The van der Waals surface area contributed by atoms with E-state index in [1.165, 1.54) is 45.1 Å². The van der Waals surface area contributed by atoms with Crippen LogP contribution in [0.5, 0.6) is 0 Å². The number of rotatable bonds is 4. The second-order valence-electron chi connectivity index (χ2n) is 5.56. The van der Waals surface area contributed by atoms with Crippen LogP contribution in [0.25, 0.3) is 0 Å². The zero-order valence-corrected chi connectivity index (χ0v) is 10.2. The van der Waals surface area contributed by atoms with Crippen LogP contribution in [-0.2, 0) is 4.74 Å². The van der Waals surface area contributed by atoms with Gasteiger partial charge in [-0.1, -0.05) is 19.8 Å². The van der Waals surface area contributed by atoms with E-state index in [2.05, 4.69) is 12.2 Å². The maximum absolute atomic E-state index is 5.28. The molecule has 2 saturated carbocycles. The topological polar surface area (TPSA) is 21.3 Å². The van der Waals surface area contributed by atoms with Gasteiger partial charge in [0.25, 0.3) is 0 Å². The van der Waals surface area contributed by atoms with E-state index in [9.17, 15) is 0 Å². The lowest BCUT2D eigenvalue weighted by Gasteiger charge is -2.36. The molecule has 0 heterocycles. The smallest absolute Gasteiger partial charge is 0.0601 e. The highest BCUT2D eigenvalue weighted by Crippen LogP contribution is 2.29. The molecule has 0 aromatic rings. The molecule has 2 fully saturated rings. The first-order chi connectivity index (χ1) is 7.28. The molecule has 2 nitrogen and oxygen atoms in total. The molecule has 0 radical (unpaired) electrons. The van der Waals surface area contributed by atoms with Crippen LogP contribution in [0.3, 0.4) is 0 Å². The fourth-order valence-electron chi connectivity index (χ4n) is 2.79. The highest BCUT2D eigenvalue weighted by molar-refractivity contribution is 4.86. The summed E-state index contributed by atoms with van der Waals surface area (Å²) in [4.78, 5) is 0. The molecule has 1 N–H and O–H groups in total. The van der Waals surface area contributed by atoms with Crippen molar-refractivity contribution in [1.82, 2.24) is 5.32 Å². The Kier molecular flexibility index (Phi) is 4.04. The van der Waals surface area contributed by atoms with Gasteiger partial charge in [0.05, 0.1) is 6.10 Å². The molecule has 2 aliphatic rings. The summed E-state index contributed by atoms with van der Waals surface area (Å²) in [7, 11) is 1.82. The monoisotopic (exact) mass is 211 g/mol. The van der Waals surface area contributed by atoms with Crippen molar-refractivity contribution in [2.75, 3.05) is 13.7 Å². The van der Waals surface area contributed by atoms with E-state index in [1.54, 1.807) is 0 Å². The maximum atomic E-state index is 5.28. The molecular formula is C13H25NO. The minimum atomic E-state index is 0.536. The quantitative estimate of drug-likeness (QED) is 0.771. The van der Waals surface area contributed by atoms with Gasteiger partial charge < -0.3 is 10.1 Å². The number of nitrogens with one attached hydrogen (secondary N) is 1. The molecule has 0 unspecified atom stereocenters. The number of hydrogen-bond donors (Lipinski definition) is 1. The average Bonchev–Trinajstić information content (AvgIpc) is 2.19. The first-order valence-corrected chi connectivity index (χ1v) is 6.54. The molecule has 0 amide bonds. The van der Waals surface area contributed by atoms with Crippen molar-refractivity contribution in [2.24, 2.45) is 11.8 Å². The number of ether oxygens (including phenoxy) is 1. The summed E-state index contributed by atoms with van der Waals surface area (Å²) >= 11 is 0. The molecule has 2 rings (SSSR count). The van der Waals surface area contributed by atoms with Crippen LogP contribution < -0.4 is 5.32 Å². The molecule has 0 saturated heterocycles. The normalized spacial score (nSPS) is 41.2. The predicted molar refractivity (Wildman–Crippen MR) is 62.9 cm³/mol. The summed E-state index contributed by atoms with van der Waals surface area (Å²) in [5, 5.41) is 3.69. The van der Waals surface area contributed by atoms with E-state index in [0.29, 0.717) is 6.10 Å². The molecule has 0 aliphatic heterocycles.